The van der Waals surface area contributed by atoms with Gasteiger partial charge in [0, 0.05) is 30.5 Å². The zero-order valence-corrected chi connectivity index (χ0v) is 12.5. The van der Waals surface area contributed by atoms with E-state index >= 15 is 0 Å². The van der Waals surface area contributed by atoms with Gasteiger partial charge in [-0.3, -0.25) is 19.7 Å². The minimum atomic E-state index is -0.997. The number of benzene rings is 1. The van der Waals surface area contributed by atoms with Gasteiger partial charge in [0.1, 0.15) is 5.25 Å². The maximum atomic E-state index is 13.3. The number of nitro benzene ring substituents is 1. The van der Waals surface area contributed by atoms with Crippen LogP contribution in [0.4, 0.5) is 10.1 Å². The Morgan fingerprint density at radius 1 is 1.50 bits per heavy atom. The van der Waals surface area contributed by atoms with E-state index in [4.69, 9.17) is 0 Å². The van der Waals surface area contributed by atoms with E-state index in [0.717, 1.165) is 12.1 Å². The molecule has 0 saturated carbocycles. The Morgan fingerprint density at radius 2 is 2.23 bits per heavy atom. The lowest BCUT2D eigenvalue weighted by molar-refractivity contribution is -0.387. The van der Waals surface area contributed by atoms with Crippen molar-refractivity contribution in [2.75, 3.05) is 26.0 Å². The van der Waals surface area contributed by atoms with Crippen LogP contribution >= 0.6 is 11.8 Å². The number of amides is 1. The highest BCUT2D eigenvalue weighted by Gasteiger charge is 2.30. The van der Waals surface area contributed by atoms with Gasteiger partial charge in [-0.1, -0.05) is 0 Å². The van der Waals surface area contributed by atoms with E-state index in [1.807, 2.05) is 0 Å². The lowest BCUT2D eigenvalue weighted by Crippen LogP contribution is -2.45. The highest BCUT2D eigenvalue weighted by molar-refractivity contribution is 8.00. The zero-order chi connectivity index (χ0) is 16.3. The number of carbonyl (C=O) groups is 2. The maximum absolute atomic E-state index is 13.3. The Bertz CT molecular complexity index is 624. The van der Waals surface area contributed by atoms with Crippen molar-refractivity contribution in [2.24, 2.45) is 0 Å². The van der Waals surface area contributed by atoms with E-state index in [0.29, 0.717) is 12.3 Å². The molecule has 1 aliphatic rings. The minimum Gasteiger partial charge on any atom is -0.468 e. The number of nitro groups is 1. The van der Waals surface area contributed by atoms with Gasteiger partial charge >= 0.3 is 11.7 Å². The number of methoxy groups -OCH3 is 1. The first-order chi connectivity index (χ1) is 10.4. The summed E-state index contributed by atoms with van der Waals surface area (Å²) >= 11 is 1.39. The maximum Gasteiger partial charge on any atom is 0.320 e. The number of esters is 1. The fraction of sp³-hybridized carbons (Fsp3) is 0.385. The van der Waals surface area contributed by atoms with Gasteiger partial charge < -0.3 is 9.64 Å². The molecule has 0 bridgehead atoms. The number of carbonyl (C=O) groups excluding carboxylic acids is 2. The Balaban J connectivity index is 2.19. The number of nitrogens with zero attached hydrogens (tertiary/aromatic N) is 2. The molecule has 0 aromatic heterocycles. The van der Waals surface area contributed by atoms with E-state index in [-0.39, 0.29) is 12.1 Å². The van der Waals surface area contributed by atoms with Crippen molar-refractivity contribution in [2.45, 2.75) is 5.25 Å². The molecule has 1 atom stereocenters. The summed E-state index contributed by atoms with van der Waals surface area (Å²) in [7, 11) is 1.27. The molecule has 0 aliphatic carbocycles. The van der Waals surface area contributed by atoms with Gasteiger partial charge in [0.05, 0.1) is 12.0 Å². The Kier molecular flexibility index (Phi) is 4.96. The average molecular weight is 328 g/mol. The second kappa shape index (κ2) is 6.73. The summed E-state index contributed by atoms with van der Waals surface area (Å²) < 4.78 is 18.0. The predicted octanol–water partition coefficient (Wildman–Crippen LogP) is 1.46. The van der Waals surface area contributed by atoms with E-state index in [1.165, 1.54) is 29.8 Å². The molecule has 0 unspecified atom stereocenters. The van der Waals surface area contributed by atoms with Crippen molar-refractivity contribution in [3.05, 3.63) is 39.7 Å². The molecule has 1 saturated heterocycles. The number of halogens is 1. The van der Waals surface area contributed by atoms with Crippen LogP contribution in [0, 0.1) is 15.9 Å². The van der Waals surface area contributed by atoms with Crippen molar-refractivity contribution < 1.29 is 23.6 Å². The number of hydrogen-bond donors (Lipinski definition) is 0. The van der Waals surface area contributed by atoms with Crippen molar-refractivity contribution in [3.63, 3.8) is 0 Å². The summed E-state index contributed by atoms with van der Waals surface area (Å²) in [5.41, 5.74) is -0.731. The van der Waals surface area contributed by atoms with Gasteiger partial charge in [0.15, 0.2) is 0 Å². The molecule has 22 heavy (non-hydrogen) atoms. The van der Waals surface area contributed by atoms with Crippen molar-refractivity contribution in [3.8, 4) is 0 Å². The van der Waals surface area contributed by atoms with Gasteiger partial charge in [-0.15, -0.1) is 11.8 Å². The molecule has 1 amide bonds. The predicted molar refractivity (Wildman–Crippen MR) is 77.2 cm³/mol. The molecule has 0 spiro atoms. The van der Waals surface area contributed by atoms with Crippen molar-refractivity contribution in [1.29, 1.82) is 0 Å². The number of ether oxygens (including phenoxy) is 1. The van der Waals surface area contributed by atoms with Crippen LogP contribution < -0.4 is 0 Å². The molecule has 0 N–H and O–H groups in total. The molecular weight excluding hydrogens is 315 g/mol. The summed E-state index contributed by atoms with van der Waals surface area (Å²) in [5, 5.41) is 10.2. The highest BCUT2D eigenvalue weighted by Crippen LogP contribution is 2.23. The first-order valence-corrected chi connectivity index (χ1v) is 7.41. The quantitative estimate of drug-likeness (QED) is 0.474. The molecule has 1 aromatic rings. The molecule has 1 aromatic carbocycles. The largest absolute Gasteiger partial charge is 0.468 e. The van der Waals surface area contributed by atoms with Gasteiger partial charge in [-0.05, 0) is 12.1 Å². The summed E-state index contributed by atoms with van der Waals surface area (Å²) in [6.07, 6.45) is 0. The van der Waals surface area contributed by atoms with E-state index < -0.39 is 33.6 Å². The number of thioether (sulfide) groups is 1. The second-order valence-corrected chi connectivity index (χ2v) is 5.87. The van der Waals surface area contributed by atoms with Crippen LogP contribution in [0.3, 0.4) is 0 Å². The molecule has 1 fully saturated rings. The molecule has 7 nitrogen and oxygen atoms in total. The van der Waals surface area contributed by atoms with Crippen LogP contribution in [0.25, 0.3) is 0 Å². The Hall–Kier alpha value is -2.16. The van der Waals surface area contributed by atoms with Crippen LogP contribution in [0.5, 0.6) is 0 Å². The van der Waals surface area contributed by atoms with Crippen molar-refractivity contribution >= 4 is 29.3 Å². The average Bonchev–Trinajstić information content (AvgIpc) is 2.53. The lowest BCUT2D eigenvalue weighted by atomic mass is 10.1. The Morgan fingerprint density at radius 3 is 2.86 bits per heavy atom. The fourth-order valence-electron chi connectivity index (χ4n) is 2.08. The zero-order valence-electron chi connectivity index (χ0n) is 11.7. The van der Waals surface area contributed by atoms with Crippen LogP contribution in [-0.4, -0.2) is 52.9 Å². The second-order valence-electron chi connectivity index (χ2n) is 4.56. The summed E-state index contributed by atoms with van der Waals surface area (Å²) in [5.74, 6) is -1.34. The van der Waals surface area contributed by atoms with E-state index in [1.54, 1.807) is 0 Å². The molecule has 2 rings (SSSR count). The van der Waals surface area contributed by atoms with Gasteiger partial charge in [0.2, 0.25) is 5.82 Å². The van der Waals surface area contributed by atoms with E-state index in [9.17, 15) is 24.1 Å². The van der Waals surface area contributed by atoms with Crippen LogP contribution in [0.15, 0.2) is 18.2 Å². The van der Waals surface area contributed by atoms with Gasteiger partial charge in [-0.25, -0.2) is 0 Å². The molecule has 118 valence electrons. The molecule has 0 radical (unpaired) electrons. The molecule has 1 aliphatic heterocycles. The summed E-state index contributed by atoms with van der Waals surface area (Å²) in [6.45, 7) is 0.559. The lowest BCUT2D eigenvalue weighted by Gasteiger charge is -2.31. The normalized spacial score (nSPS) is 17.9. The first-order valence-electron chi connectivity index (χ1n) is 6.36. The van der Waals surface area contributed by atoms with Gasteiger partial charge in [-0.2, -0.15) is 4.39 Å². The molecular formula is C13H13FN2O5S. The van der Waals surface area contributed by atoms with E-state index in [2.05, 4.69) is 4.74 Å². The third-order valence-corrected chi connectivity index (χ3v) is 4.37. The van der Waals surface area contributed by atoms with Crippen LogP contribution in [-0.2, 0) is 9.53 Å². The van der Waals surface area contributed by atoms with Crippen molar-refractivity contribution in [1.82, 2.24) is 4.90 Å². The third kappa shape index (κ3) is 3.35. The standard InChI is InChI=1S/C13H13FN2O5S/c1-21-13(18)11-7-15(4-5-22-11)12(17)8-2-3-9(14)10(6-8)16(19)20/h2-3,6,11H,4-5,7H2,1H3/t11-/m0/s1. The topological polar surface area (TPSA) is 89.8 Å². The number of rotatable bonds is 3. The van der Waals surface area contributed by atoms with Gasteiger partial charge in [0.25, 0.3) is 5.91 Å². The first kappa shape index (κ1) is 16.2. The number of hydrogen-bond acceptors (Lipinski definition) is 6. The monoisotopic (exact) mass is 328 g/mol. The summed E-state index contributed by atoms with van der Waals surface area (Å²) in [6, 6.07) is 2.99. The SMILES string of the molecule is COC(=O)[C@@H]1CN(C(=O)c2ccc(F)c([N+](=O)[O-])c2)CCS1. The smallest absolute Gasteiger partial charge is 0.320 e. The molecule has 9 heteroatoms. The highest BCUT2D eigenvalue weighted by atomic mass is 32.2. The Labute approximate surface area is 129 Å². The molecule has 1 heterocycles. The summed E-state index contributed by atoms with van der Waals surface area (Å²) in [4.78, 5) is 35.2. The van der Waals surface area contributed by atoms with Crippen LogP contribution in [0.2, 0.25) is 0 Å². The minimum absolute atomic E-state index is 0.0172. The third-order valence-electron chi connectivity index (χ3n) is 3.21. The van der Waals surface area contributed by atoms with Crippen LogP contribution in [0.1, 0.15) is 10.4 Å². The fourth-order valence-corrected chi connectivity index (χ4v) is 3.20.